The lowest BCUT2D eigenvalue weighted by Gasteiger charge is -2.43. The van der Waals surface area contributed by atoms with Crippen molar-refractivity contribution in [2.45, 2.75) is 39.2 Å². The molecule has 1 N–H and O–H groups in total. The molecule has 0 aromatic rings. The summed E-state index contributed by atoms with van der Waals surface area (Å²) in [5.74, 6) is 1.53. The summed E-state index contributed by atoms with van der Waals surface area (Å²) in [4.78, 5) is 0. The van der Waals surface area contributed by atoms with Crippen molar-refractivity contribution in [1.29, 1.82) is 0 Å². The van der Waals surface area contributed by atoms with Gasteiger partial charge in [0.05, 0.1) is 5.60 Å². The van der Waals surface area contributed by atoms with Gasteiger partial charge in [0.25, 0.3) is 0 Å². The van der Waals surface area contributed by atoms with E-state index >= 15 is 0 Å². The van der Waals surface area contributed by atoms with Gasteiger partial charge in [-0.15, -0.1) is 0 Å². The first-order valence-corrected chi connectivity index (χ1v) is 3.74. The van der Waals surface area contributed by atoms with Gasteiger partial charge in [0.15, 0.2) is 0 Å². The zero-order chi connectivity index (χ0) is 7.07. The Bertz CT molecular complexity index is 97.1. The summed E-state index contributed by atoms with van der Waals surface area (Å²) in [6.07, 6.45) is 2.01. The van der Waals surface area contributed by atoms with Crippen molar-refractivity contribution in [1.82, 2.24) is 0 Å². The molecule has 0 unspecified atom stereocenters. The summed E-state index contributed by atoms with van der Waals surface area (Å²) in [6, 6.07) is 0. The van der Waals surface area contributed by atoms with Crippen LogP contribution in [-0.4, -0.2) is 10.7 Å². The van der Waals surface area contributed by atoms with Crippen molar-refractivity contribution >= 4 is 0 Å². The number of hydrogen-bond acceptors (Lipinski definition) is 1. The van der Waals surface area contributed by atoms with Crippen LogP contribution in [0.3, 0.4) is 0 Å². The van der Waals surface area contributed by atoms with Crippen molar-refractivity contribution < 1.29 is 5.11 Å². The molecule has 0 spiro atoms. The van der Waals surface area contributed by atoms with Gasteiger partial charge < -0.3 is 5.11 Å². The molecule has 1 heteroatoms. The molecule has 54 valence electrons. The molecular formula is C8H16O. The summed E-state index contributed by atoms with van der Waals surface area (Å²) >= 11 is 0. The summed E-state index contributed by atoms with van der Waals surface area (Å²) in [7, 11) is 0. The van der Waals surface area contributed by atoms with E-state index in [-0.39, 0.29) is 5.60 Å². The average molecular weight is 128 g/mol. The summed E-state index contributed by atoms with van der Waals surface area (Å²) in [5.41, 5.74) is -0.324. The Labute approximate surface area is 57.1 Å². The lowest BCUT2D eigenvalue weighted by molar-refractivity contribution is -0.0713. The van der Waals surface area contributed by atoms with Crippen molar-refractivity contribution in [2.75, 3.05) is 0 Å². The minimum Gasteiger partial charge on any atom is -0.390 e. The third-order valence-electron chi connectivity index (χ3n) is 2.35. The highest BCUT2D eigenvalue weighted by atomic mass is 16.3. The maximum atomic E-state index is 9.33. The van der Waals surface area contributed by atoms with Gasteiger partial charge >= 0.3 is 0 Å². The van der Waals surface area contributed by atoms with E-state index in [1.165, 1.54) is 0 Å². The molecule has 0 aliphatic heterocycles. The molecule has 1 rings (SSSR count). The van der Waals surface area contributed by atoms with E-state index in [4.69, 9.17) is 0 Å². The van der Waals surface area contributed by atoms with Crippen LogP contribution in [0.4, 0.5) is 0 Å². The molecule has 1 fully saturated rings. The second kappa shape index (κ2) is 1.98. The van der Waals surface area contributed by atoms with Gasteiger partial charge in [-0.2, -0.15) is 0 Å². The molecule has 0 atom stereocenters. The normalized spacial score (nSPS) is 43.0. The monoisotopic (exact) mass is 128 g/mol. The Hall–Kier alpha value is -0.0400. The zero-order valence-corrected chi connectivity index (χ0v) is 6.52. The lowest BCUT2D eigenvalue weighted by atomic mass is 9.67. The Kier molecular flexibility index (Phi) is 1.55. The quantitative estimate of drug-likeness (QED) is 0.571. The maximum absolute atomic E-state index is 9.33. The topological polar surface area (TPSA) is 20.2 Å². The van der Waals surface area contributed by atoms with E-state index in [1.54, 1.807) is 0 Å². The molecule has 0 saturated heterocycles. The molecule has 9 heavy (non-hydrogen) atoms. The van der Waals surface area contributed by atoms with E-state index < -0.39 is 0 Å². The SMILES string of the molecule is CC(C)C1CC(C)(O)C1. The number of rotatable bonds is 1. The fourth-order valence-corrected chi connectivity index (χ4v) is 1.54. The smallest absolute Gasteiger partial charge is 0.0625 e. The summed E-state index contributed by atoms with van der Waals surface area (Å²) < 4.78 is 0. The molecule has 1 aliphatic rings. The zero-order valence-electron chi connectivity index (χ0n) is 6.52. The minimum absolute atomic E-state index is 0.324. The Morgan fingerprint density at radius 2 is 1.89 bits per heavy atom. The minimum atomic E-state index is -0.324. The molecule has 0 bridgehead atoms. The molecule has 1 nitrogen and oxygen atoms in total. The molecule has 0 heterocycles. The fourth-order valence-electron chi connectivity index (χ4n) is 1.54. The highest BCUT2D eigenvalue weighted by Crippen LogP contribution is 2.41. The van der Waals surface area contributed by atoms with Gasteiger partial charge in [0.2, 0.25) is 0 Å². The Morgan fingerprint density at radius 3 is 2.00 bits per heavy atom. The second-order valence-corrected chi connectivity index (χ2v) is 3.91. The third-order valence-corrected chi connectivity index (χ3v) is 2.35. The van der Waals surface area contributed by atoms with Crippen LogP contribution in [-0.2, 0) is 0 Å². The van der Waals surface area contributed by atoms with E-state index in [2.05, 4.69) is 13.8 Å². The van der Waals surface area contributed by atoms with Crippen LogP contribution < -0.4 is 0 Å². The molecule has 1 aliphatic carbocycles. The first-order chi connectivity index (χ1) is 4.01. The molecule has 0 radical (unpaired) electrons. The Morgan fingerprint density at radius 1 is 1.44 bits per heavy atom. The predicted molar refractivity (Wildman–Crippen MR) is 38.2 cm³/mol. The summed E-state index contributed by atoms with van der Waals surface area (Å²) in [6.45, 7) is 6.37. The first kappa shape index (κ1) is 7.07. The standard InChI is InChI=1S/C8H16O/c1-6(2)7-4-8(3,9)5-7/h6-7,9H,4-5H2,1-3H3. The molecule has 0 aromatic carbocycles. The van der Waals surface area contributed by atoms with Crippen LogP contribution in [0, 0.1) is 11.8 Å². The number of aliphatic hydroxyl groups is 1. The highest BCUT2D eigenvalue weighted by Gasteiger charge is 2.39. The van der Waals surface area contributed by atoms with E-state index in [0.29, 0.717) is 0 Å². The van der Waals surface area contributed by atoms with Crippen molar-refractivity contribution in [3.63, 3.8) is 0 Å². The van der Waals surface area contributed by atoms with Crippen molar-refractivity contribution in [3.05, 3.63) is 0 Å². The molecule has 1 saturated carbocycles. The van der Waals surface area contributed by atoms with Crippen LogP contribution in [0.1, 0.15) is 33.6 Å². The van der Waals surface area contributed by atoms with Gasteiger partial charge in [-0.3, -0.25) is 0 Å². The van der Waals surface area contributed by atoms with E-state index in [1.807, 2.05) is 6.92 Å². The van der Waals surface area contributed by atoms with Crippen LogP contribution in [0.5, 0.6) is 0 Å². The van der Waals surface area contributed by atoms with Gasteiger partial charge in [-0.25, -0.2) is 0 Å². The second-order valence-electron chi connectivity index (χ2n) is 3.91. The first-order valence-electron chi connectivity index (χ1n) is 3.74. The maximum Gasteiger partial charge on any atom is 0.0625 e. The summed E-state index contributed by atoms with van der Waals surface area (Å²) in [5, 5.41) is 9.33. The fraction of sp³-hybridized carbons (Fsp3) is 1.00. The van der Waals surface area contributed by atoms with Crippen LogP contribution in [0.2, 0.25) is 0 Å². The van der Waals surface area contributed by atoms with Gasteiger partial charge in [-0.1, -0.05) is 13.8 Å². The number of hydrogen-bond donors (Lipinski definition) is 1. The highest BCUT2D eigenvalue weighted by molar-refractivity contribution is 4.91. The van der Waals surface area contributed by atoms with Crippen LogP contribution in [0.15, 0.2) is 0 Å². The molecular weight excluding hydrogens is 112 g/mol. The van der Waals surface area contributed by atoms with Crippen molar-refractivity contribution in [3.8, 4) is 0 Å². The van der Waals surface area contributed by atoms with Gasteiger partial charge in [-0.05, 0) is 31.6 Å². The third kappa shape index (κ3) is 1.45. The van der Waals surface area contributed by atoms with E-state index in [0.717, 1.165) is 24.7 Å². The van der Waals surface area contributed by atoms with E-state index in [9.17, 15) is 5.11 Å². The predicted octanol–water partition coefficient (Wildman–Crippen LogP) is 1.80. The van der Waals surface area contributed by atoms with Crippen LogP contribution in [0.25, 0.3) is 0 Å². The van der Waals surface area contributed by atoms with Gasteiger partial charge in [0.1, 0.15) is 0 Å². The lowest BCUT2D eigenvalue weighted by Crippen LogP contribution is -2.42. The van der Waals surface area contributed by atoms with Crippen molar-refractivity contribution in [2.24, 2.45) is 11.8 Å². The van der Waals surface area contributed by atoms with Crippen LogP contribution >= 0.6 is 0 Å². The Balaban J connectivity index is 2.27. The average Bonchev–Trinajstić information content (AvgIpc) is 1.59. The molecule has 0 amide bonds. The van der Waals surface area contributed by atoms with Gasteiger partial charge in [0, 0.05) is 0 Å². The largest absolute Gasteiger partial charge is 0.390 e. The molecule has 0 aromatic heterocycles.